The van der Waals surface area contributed by atoms with Gasteiger partial charge in [-0.3, -0.25) is 0 Å². The van der Waals surface area contributed by atoms with Gasteiger partial charge in [-0.15, -0.1) is 0 Å². The molecule has 0 aromatic heterocycles. The lowest BCUT2D eigenvalue weighted by atomic mass is 10.1. The van der Waals surface area contributed by atoms with E-state index in [2.05, 4.69) is 67.3 Å². The summed E-state index contributed by atoms with van der Waals surface area (Å²) in [5.74, 6) is 0. The zero-order valence-corrected chi connectivity index (χ0v) is 18.7. The van der Waals surface area contributed by atoms with Crippen LogP contribution in [0.1, 0.15) is 51.4 Å². The van der Waals surface area contributed by atoms with Crippen LogP contribution in [0.25, 0.3) is 0 Å². The highest BCUT2D eigenvalue weighted by Gasteiger charge is 2.36. The molecule has 2 N–H and O–H groups in total. The van der Waals surface area contributed by atoms with Gasteiger partial charge in [0.1, 0.15) is 0 Å². The van der Waals surface area contributed by atoms with E-state index in [0.29, 0.717) is 0 Å². The predicted molar refractivity (Wildman–Crippen MR) is 116 cm³/mol. The Morgan fingerprint density at radius 1 is 0.615 bits per heavy atom. The van der Waals surface area contributed by atoms with Crippen LogP contribution in [0.5, 0.6) is 0 Å². The maximum Gasteiger partial charge on any atom is 0.0988 e. The molecule has 2 aromatic carbocycles. The largest absolute Gasteiger partial charge is 1.00 e. The topological polar surface area (TPSA) is 26.0 Å². The van der Waals surface area contributed by atoms with E-state index in [4.69, 9.17) is 5.73 Å². The molecule has 0 bridgehead atoms. The Morgan fingerprint density at radius 3 is 1.42 bits per heavy atom. The molecule has 0 amide bonds. The van der Waals surface area contributed by atoms with E-state index in [-0.39, 0.29) is 17.0 Å². The maximum atomic E-state index is 5.55. The minimum atomic E-state index is -1.26. The Labute approximate surface area is 171 Å². The number of benzene rings is 2. The van der Waals surface area contributed by atoms with Crippen LogP contribution in [-0.4, -0.2) is 19.4 Å². The van der Waals surface area contributed by atoms with E-state index in [0.717, 1.165) is 6.54 Å². The predicted octanol–water partition coefficient (Wildman–Crippen LogP) is 2.37. The summed E-state index contributed by atoms with van der Waals surface area (Å²) in [6.07, 6.45) is 12.0. The molecule has 0 aliphatic heterocycles. The first-order valence-electron chi connectivity index (χ1n) is 9.94. The lowest BCUT2D eigenvalue weighted by molar-refractivity contribution is -0.00000529. The number of hydrogen-bond donors (Lipinski definition) is 1. The van der Waals surface area contributed by atoms with Crippen LogP contribution in [0.4, 0.5) is 0 Å². The average molecular weight is 436 g/mol. The van der Waals surface area contributed by atoms with Gasteiger partial charge in [-0.25, -0.2) is 0 Å². The van der Waals surface area contributed by atoms with Crippen molar-refractivity contribution in [3.05, 3.63) is 60.7 Å². The molecule has 0 unspecified atom stereocenters. The fraction of sp³-hybridized carbons (Fsp3) is 0.478. The Bertz CT molecular complexity index is 534. The van der Waals surface area contributed by atoms with Crippen LogP contribution >= 0.6 is 7.26 Å². The van der Waals surface area contributed by atoms with Gasteiger partial charge < -0.3 is 22.7 Å². The van der Waals surface area contributed by atoms with Gasteiger partial charge in [0.05, 0.1) is 30.7 Å². The van der Waals surface area contributed by atoms with Gasteiger partial charge in [0.25, 0.3) is 0 Å². The van der Waals surface area contributed by atoms with Crippen molar-refractivity contribution in [2.45, 2.75) is 51.4 Å². The molecule has 2 aromatic rings. The van der Waals surface area contributed by atoms with Crippen molar-refractivity contribution in [1.29, 1.82) is 0 Å². The van der Waals surface area contributed by atoms with Crippen LogP contribution < -0.4 is 33.3 Å². The highest BCUT2D eigenvalue weighted by Crippen LogP contribution is 2.53. The summed E-state index contributed by atoms with van der Waals surface area (Å²) < 4.78 is 0. The zero-order valence-electron chi connectivity index (χ0n) is 16.2. The molecule has 0 heterocycles. The molecular formula is C23H35BrNP. The molecule has 1 nitrogen and oxygen atoms in total. The van der Waals surface area contributed by atoms with Crippen molar-refractivity contribution in [3.8, 4) is 0 Å². The molecule has 0 saturated heterocycles. The smallest absolute Gasteiger partial charge is 0.0988 e. The van der Waals surface area contributed by atoms with Gasteiger partial charge in [-0.2, -0.15) is 0 Å². The van der Waals surface area contributed by atoms with E-state index in [1.165, 1.54) is 57.5 Å². The highest BCUT2D eigenvalue weighted by atomic mass is 79.9. The van der Waals surface area contributed by atoms with E-state index < -0.39 is 7.26 Å². The lowest BCUT2D eigenvalue weighted by Crippen LogP contribution is -3.00. The number of unbranched alkanes of at least 4 members (excludes halogenated alkanes) is 7. The minimum Gasteiger partial charge on any atom is -1.00 e. The first-order chi connectivity index (χ1) is 12.3. The second kappa shape index (κ2) is 13.5. The van der Waals surface area contributed by atoms with Gasteiger partial charge in [0.2, 0.25) is 0 Å². The molecule has 26 heavy (non-hydrogen) atoms. The van der Waals surface area contributed by atoms with Crippen LogP contribution in [0.3, 0.4) is 0 Å². The van der Waals surface area contributed by atoms with Crippen molar-refractivity contribution in [3.63, 3.8) is 0 Å². The molecule has 0 aliphatic carbocycles. The van der Waals surface area contributed by atoms with E-state index in [9.17, 15) is 0 Å². The van der Waals surface area contributed by atoms with Gasteiger partial charge in [0.15, 0.2) is 0 Å². The summed E-state index contributed by atoms with van der Waals surface area (Å²) in [5.41, 5.74) is 5.55. The second-order valence-corrected chi connectivity index (χ2v) is 11.1. The number of nitrogens with two attached hydrogens (primary N) is 1. The molecule has 0 aliphatic rings. The summed E-state index contributed by atoms with van der Waals surface area (Å²) in [6.45, 7) is 3.37. The molecule has 144 valence electrons. The Hall–Kier alpha value is -0.690. The van der Waals surface area contributed by atoms with Crippen molar-refractivity contribution < 1.29 is 17.0 Å². The number of rotatable bonds is 12. The average Bonchev–Trinajstić information content (AvgIpc) is 2.68. The molecular weight excluding hydrogens is 401 g/mol. The quantitative estimate of drug-likeness (QED) is 0.401. The highest BCUT2D eigenvalue weighted by molar-refractivity contribution is 7.88. The third-order valence-corrected chi connectivity index (χ3v) is 9.30. The molecule has 0 saturated carbocycles. The fourth-order valence-corrected chi connectivity index (χ4v) is 6.89. The summed E-state index contributed by atoms with van der Waals surface area (Å²) in [5, 5.41) is 3.09. The minimum absolute atomic E-state index is 0. The second-order valence-electron chi connectivity index (χ2n) is 7.20. The van der Waals surface area contributed by atoms with E-state index in [1.807, 2.05) is 0 Å². The molecule has 0 fully saturated rings. The normalized spacial score (nSPS) is 11.2. The Kier molecular flexibility index (Phi) is 12.1. The van der Waals surface area contributed by atoms with Gasteiger partial charge in [-0.1, -0.05) is 68.5 Å². The summed E-state index contributed by atoms with van der Waals surface area (Å²) in [7, 11) is -1.26. The molecule has 0 atom stereocenters. The van der Waals surface area contributed by atoms with Crippen LogP contribution in [0.2, 0.25) is 0 Å². The van der Waals surface area contributed by atoms with Crippen LogP contribution in [0, 0.1) is 0 Å². The number of hydrogen-bond acceptors (Lipinski definition) is 1. The lowest BCUT2D eigenvalue weighted by Gasteiger charge is -2.23. The Balaban J connectivity index is 0.00000338. The summed E-state index contributed by atoms with van der Waals surface area (Å²) >= 11 is 0. The van der Waals surface area contributed by atoms with Crippen molar-refractivity contribution in [1.82, 2.24) is 0 Å². The first-order valence-corrected chi connectivity index (χ1v) is 12.4. The molecule has 0 spiro atoms. The van der Waals surface area contributed by atoms with Gasteiger partial charge in [0, 0.05) is 0 Å². The standard InChI is InChI=1S/C23H35NP.BrH/c1-25(22-16-10-8-11-17-22,23-18-12-9-13-19-23)21-15-7-5-3-2-4-6-14-20-24;/h8-13,16-19H,2-7,14-15,20-21,24H2,1H3;1H/q+1;/p-1. The van der Waals surface area contributed by atoms with Crippen LogP contribution in [-0.2, 0) is 0 Å². The zero-order chi connectivity index (χ0) is 17.8. The third-order valence-electron chi connectivity index (χ3n) is 5.21. The SMILES string of the molecule is C[P+](CCCCCCCCCCN)(c1ccccc1)c1ccccc1.[Br-]. The van der Waals surface area contributed by atoms with E-state index >= 15 is 0 Å². The fourth-order valence-electron chi connectivity index (χ4n) is 3.55. The van der Waals surface area contributed by atoms with Crippen LogP contribution in [0.15, 0.2) is 60.7 Å². The van der Waals surface area contributed by atoms with Crippen molar-refractivity contribution in [2.24, 2.45) is 5.73 Å². The molecule has 3 heteroatoms. The summed E-state index contributed by atoms with van der Waals surface area (Å²) in [4.78, 5) is 0. The molecule has 0 radical (unpaired) electrons. The molecule has 2 rings (SSSR count). The van der Waals surface area contributed by atoms with Gasteiger partial charge in [-0.05, 0) is 50.1 Å². The maximum absolute atomic E-state index is 5.55. The van der Waals surface area contributed by atoms with Crippen molar-refractivity contribution in [2.75, 3.05) is 19.4 Å². The monoisotopic (exact) mass is 435 g/mol. The van der Waals surface area contributed by atoms with Crippen molar-refractivity contribution >= 4 is 17.9 Å². The van der Waals surface area contributed by atoms with Gasteiger partial charge >= 0.3 is 0 Å². The first kappa shape index (κ1) is 23.3. The number of halogens is 1. The van der Waals surface area contributed by atoms with E-state index in [1.54, 1.807) is 10.6 Å². The third kappa shape index (κ3) is 7.51. The summed E-state index contributed by atoms with van der Waals surface area (Å²) in [6, 6.07) is 22.4. The Morgan fingerprint density at radius 2 is 1.00 bits per heavy atom.